The molecule has 4 heteroatoms. The van der Waals surface area contributed by atoms with Crippen LogP contribution in [0.25, 0.3) is 0 Å². The minimum atomic E-state index is 0.297. The van der Waals surface area contributed by atoms with Crippen LogP contribution in [0.5, 0.6) is 0 Å². The molecule has 0 spiro atoms. The third-order valence-corrected chi connectivity index (χ3v) is 4.79. The summed E-state index contributed by atoms with van der Waals surface area (Å²) < 4.78 is 2.04. The Kier molecular flexibility index (Phi) is 5.61. The largest absolute Gasteiger partial charge is 0.329 e. The molecule has 1 aliphatic rings. The summed E-state index contributed by atoms with van der Waals surface area (Å²) in [4.78, 5) is 2.50. The van der Waals surface area contributed by atoms with Gasteiger partial charge in [-0.2, -0.15) is 5.10 Å². The van der Waals surface area contributed by atoms with Gasteiger partial charge in [-0.25, -0.2) is 0 Å². The van der Waals surface area contributed by atoms with E-state index in [0.717, 1.165) is 18.9 Å². The molecule has 0 aliphatic heterocycles. The van der Waals surface area contributed by atoms with Crippen molar-refractivity contribution in [3.8, 4) is 0 Å². The monoisotopic (exact) mass is 278 g/mol. The average Bonchev–Trinajstić information content (AvgIpc) is 2.89. The van der Waals surface area contributed by atoms with Gasteiger partial charge in [-0.1, -0.05) is 26.7 Å². The molecule has 4 nitrogen and oxygen atoms in total. The van der Waals surface area contributed by atoms with Crippen LogP contribution >= 0.6 is 0 Å². The van der Waals surface area contributed by atoms with Gasteiger partial charge in [0.15, 0.2) is 0 Å². The number of nitrogens with zero attached hydrogens (tertiary/aromatic N) is 3. The third-order valence-electron chi connectivity index (χ3n) is 4.79. The molecule has 1 aliphatic carbocycles. The van der Waals surface area contributed by atoms with E-state index >= 15 is 0 Å². The van der Waals surface area contributed by atoms with Crippen LogP contribution in [0.4, 0.5) is 0 Å². The van der Waals surface area contributed by atoms with E-state index in [0.29, 0.717) is 18.6 Å². The lowest BCUT2D eigenvalue weighted by Crippen LogP contribution is -2.43. The van der Waals surface area contributed by atoms with Crippen molar-refractivity contribution in [2.75, 3.05) is 13.6 Å². The van der Waals surface area contributed by atoms with E-state index < -0.39 is 0 Å². The zero-order chi connectivity index (χ0) is 14.5. The summed E-state index contributed by atoms with van der Waals surface area (Å²) >= 11 is 0. The Hall–Kier alpha value is -0.870. The quantitative estimate of drug-likeness (QED) is 0.870. The second-order valence-electron chi connectivity index (χ2n) is 6.28. The second-order valence-corrected chi connectivity index (χ2v) is 6.28. The summed E-state index contributed by atoms with van der Waals surface area (Å²) in [6, 6.07) is 0.956. The van der Waals surface area contributed by atoms with E-state index in [1.54, 1.807) is 0 Å². The Labute approximate surface area is 123 Å². The van der Waals surface area contributed by atoms with Crippen molar-refractivity contribution < 1.29 is 0 Å². The highest BCUT2D eigenvalue weighted by Crippen LogP contribution is 2.32. The van der Waals surface area contributed by atoms with Crippen LogP contribution in [0.1, 0.15) is 57.6 Å². The Morgan fingerprint density at radius 3 is 2.85 bits per heavy atom. The van der Waals surface area contributed by atoms with E-state index in [9.17, 15) is 0 Å². The fourth-order valence-corrected chi connectivity index (χ4v) is 3.57. The molecule has 1 aromatic rings. The van der Waals surface area contributed by atoms with Gasteiger partial charge in [0, 0.05) is 30.9 Å². The molecule has 2 rings (SSSR count). The van der Waals surface area contributed by atoms with Crippen molar-refractivity contribution >= 4 is 0 Å². The Bertz CT molecular complexity index is 401. The molecule has 1 heterocycles. The van der Waals surface area contributed by atoms with Crippen LogP contribution < -0.4 is 5.73 Å². The number of nitrogens with two attached hydrogens (primary N) is 1. The lowest BCUT2D eigenvalue weighted by Gasteiger charge is -2.40. The average molecular weight is 278 g/mol. The summed E-state index contributed by atoms with van der Waals surface area (Å²) in [6.07, 6.45) is 10.7. The van der Waals surface area contributed by atoms with E-state index in [2.05, 4.69) is 37.1 Å². The summed E-state index contributed by atoms with van der Waals surface area (Å²) in [5, 5.41) is 4.46. The van der Waals surface area contributed by atoms with Crippen molar-refractivity contribution in [1.29, 1.82) is 0 Å². The van der Waals surface area contributed by atoms with Crippen LogP contribution in [0.2, 0.25) is 0 Å². The van der Waals surface area contributed by atoms with Crippen molar-refractivity contribution in [2.24, 2.45) is 11.7 Å². The van der Waals surface area contributed by atoms with Crippen molar-refractivity contribution in [3.05, 3.63) is 18.0 Å². The van der Waals surface area contributed by atoms with E-state index in [4.69, 9.17) is 5.73 Å². The molecule has 0 bridgehead atoms. The molecule has 0 aromatic carbocycles. The molecule has 1 fully saturated rings. The zero-order valence-corrected chi connectivity index (χ0v) is 13.3. The van der Waals surface area contributed by atoms with Crippen molar-refractivity contribution in [3.63, 3.8) is 0 Å². The summed E-state index contributed by atoms with van der Waals surface area (Å²) in [7, 11) is 2.24. The van der Waals surface area contributed by atoms with E-state index in [1.807, 2.05) is 10.9 Å². The van der Waals surface area contributed by atoms with Crippen molar-refractivity contribution in [2.45, 2.75) is 64.6 Å². The van der Waals surface area contributed by atoms with Gasteiger partial charge in [0.2, 0.25) is 0 Å². The van der Waals surface area contributed by atoms with E-state index in [1.165, 1.54) is 31.2 Å². The van der Waals surface area contributed by atoms with Gasteiger partial charge in [0.05, 0.1) is 12.2 Å². The van der Waals surface area contributed by atoms with Gasteiger partial charge in [-0.3, -0.25) is 9.58 Å². The normalized spacial score (nSPS) is 25.1. The molecule has 20 heavy (non-hydrogen) atoms. The fourth-order valence-electron chi connectivity index (χ4n) is 3.57. The topological polar surface area (TPSA) is 47.1 Å². The maximum atomic E-state index is 6.06. The van der Waals surface area contributed by atoms with Crippen LogP contribution in [0, 0.1) is 5.92 Å². The van der Waals surface area contributed by atoms with Crippen LogP contribution in [-0.4, -0.2) is 34.3 Å². The van der Waals surface area contributed by atoms with Gasteiger partial charge in [0.25, 0.3) is 0 Å². The summed E-state index contributed by atoms with van der Waals surface area (Å²) in [5.41, 5.74) is 7.33. The first-order chi connectivity index (χ1) is 9.67. The van der Waals surface area contributed by atoms with Crippen LogP contribution in [-0.2, 0) is 6.54 Å². The maximum Gasteiger partial charge on any atom is 0.0538 e. The van der Waals surface area contributed by atoms with Gasteiger partial charge in [-0.15, -0.1) is 0 Å². The Morgan fingerprint density at radius 1 is 1.45 bits per heavy atom. The number of hydrogen-bond donors (Lipinski definition) is 1. The van der Waals surface area contributed by atoms with Gasteiger partial charge in [0.1, 0.15) is 0 Å². The van der Waals surface area contributed by atoms with Gasteiger partial charge >= 0.3 is 0 Å². The molecule has 1 aromatic heterocycles. The predicted octanol–water partition coefficient (Wildman–Crippen LogP) is 2.80. The van der Waals surface area contributed by atoms with Gasteiger partial charge < -0.3 is 5.73 Å². The number of aryl methyl sites for hydroxylation is 1. The van der Waals surface area contributed by atoms with Gasteiger partial charge in [-0.05, 0) is 32.2 Å². The second kappa shape index (κ2) is 7.23. The number of rotatable bonds is 6. The van der Waals surface area contributed by atoms with E-state index in [-0.39, 0.29) is 0 Å². The molecular weight excluding hydrogens is 248 g/mol. The Balaban J connectivity index is 2.09. The predicted molar refractivity (Wildman–Crippen MR) is 83.5 cm³/mol. The number of hydrogen-bond acceptors (Lipinski definition) is 3. The lowest BCUT2D eigenvalue weighted by atomic mass is 9.84. The SMILES string of the molecule is CCCn1cc(C(CN)N(C)C2CCCCC2C)cn1. The molecular formula is C16H30N4. The zero-order valence-electron chi connectivity index (χ0n) is 13.3. The standard InChI is InChI=1S/C16H30N4/c1-4-9-20-12-14(11-18-20)16(10-17)19(3)15-8-6-5-7-13(15)2/h11-13,15-16H,4-10,17H2,1-3H3. The molecule has 1 saturated carbocycles. The molecule has 114 valence electrons. The van der Waals surface area contributed by atoms with Crippen LogP contribution in [0.15, 0.2) is 12.4 Å². The highest BCUT2D eigenvalue weighted by Gasteiger charge is 2.29. The third kappa shape index (κ3) is 3.41. The first-order valence-corrected chi connectivity index (χ1v) is 8.11. The molecule has 3 atom stereocenters. The molecule has 0 saturated heterocycles. The van der Waals surface area contributed by atoms with Crippen molar-refractivity contribution in [1.82, 2.24) is 14.7 Å². The highest BCUT2D eigenvalue weighted by molar-refractivity contribution is 5.12. The minimum Gasteiger partial charge on any atom is -0.329 e. The maximum absolute atomic E-state index is 6.06. The van der Waals surface area contributed by atoms with Crippen LogP contribution in [0.3, 0.4) is 0 Å². The smallest absolute Gasteiger partial charge is 0.0538 e. The summed E-state index contributed by atoms with van der Waals surface area (Å²) in [6.45, 7) is 6.21. The lowest BCUT2D eigenvalue weighted by molar-refractivity contribution is 0.0992. The number of aromatic nitrogens is 2. The summed E-state index contributed by atoms with van der Waals surface area (Å²) in [5.74, 6) is 0.772. The molecule has 2 N–H and O–H groups in total. The molecule has 3 unspecified atom stereocenters. The fraction of sp³-hybridized carbons (Fsp3) is 0.812. The molecule has 0 amide bonds. The number of likely N-dealkylation sites (N-methyl/N-ethyl adjacent to an activating group) is 1. The minimum absolute atomic E-state index is 0.297. The highest BCUT2D eigenvalue weighted by atomic mass is 15.3. The first-order valence-electron chi connectivity index (χ1n) is 8.11. The first kappa shape index (κ1) is 15.5. The molecule has 0 radical (unpaired) electrons. The Morgan fingerprint density at radius 2 is 2.20 bits per heavy atom.